The van der Waals surface area contributed by atoms with Gasteiger partial charge in [0.1, 0.15) is 12.2 Å². The topological polar surface area (TPSA) is 178 Å². The second-order valence-electron chi connectivity index (χ2n) is 7.26. The summed E-state index contributed by atoms with van der Waals surface area (Å²) in [5.41, 5.74) is -4.35. The minimum absolute atomic E-state index is 0.0867. The van der Waals surface area contributed by atoms with Gasteiger partial charge in [-0.05, 0) is 17.7 Å². The number of aromatic hydroxyl groups is 1. The number of aryl methyl sites for hydroxylation is 1. The molecule has 0 saturated carbocycles. The Morgan fingerprint density at radius 1 is 1.38 bits per heavy atom. The van der Waals surface area contributed by atoms with Crippen molar-refractivity contribution in [1.29, 1.82) is 0 Å². The van der Waals surface area contributed by atoms with Gasteiger partial charge in [-0.3, -0.25) is 18.7 Å². The molecule has 2 heterocycles. The van der Waals surface area contributed by atoms with Crippen molar-refractivity contribution in [2.45, 2.75) is 37.1 Å². The van der Waals surface area contributed by atoms with Crippen LogP contribution in [0, 0.1) is 0 Å². The lowest BCUT2D eigenvalue weighted by Gasteiger charge is -2.37. The third-order valence-electron chi connectivity index (χ3n) is 5.28. The highest BCUT2D eigenvalue weighted by molar-refractivity contribution is 5.41. The zero-order valence-electron chi connectivity index (χ0n) is 17.0. The Morgan fingerprint density at radius 3 is 2.72 bits per heavy atom. The maximum Gasteiger partial charge on any atom is 0.330 e. The van der Waals surface area contributed by atoms with Crippen LogP contribution in [0.5, 0.6) is 11.5 Å². The van der Waals surface area contributed by atoms with Crippen LogP contribution < -0.4 is 16.0 Å². The summed E-state index contributed by atoms with van der Waals surface area (Å²) in [4.78, 5) is 26.3. The number of phenols is 1. The number of ether oxygens (including phenoxy) is 2. The molecule has 0 radical (unpaired) electrons. The smallest absolute Gasteiger partial charge is 0.330 e. The fraction of sp³-hybridized carbons (Fsp3) is 0.474. The first-order valence-corrected chi connectivity index (χ1v) is 9.56. The molecule has 1 aliphatic heterocycles. The average Bonchev–Trinajstić information content (AvgIpc) is 3.03. The van der Waals surface area contributed by atoms with Crippen LogP contribution in [0.4, 0.5) is 4.39 Å². The summed E-state index contributed by atoms with van der Waals surface area (Å²) < 4.78 is 23.9. The number of hydroxylamine groups is 2. The van der Waals surface area contributed by atoms with Crippen LogP contribution in [0.3, 0.4) is 0 Å². The summed E-state index contributed by atoms with van der Waals surface area (Å²) in [5, 5.41) is 52.2. The molecule has 1 saturated heterocycles. The van der Waals surface area contributed by atoms with Crippen molar-refractivity contribution in [2.75, 3.05) is 20.4 Å². The number of hydrogen-bond acceptors (Lipinski definition) is 10. The molecule has 0 aliphatic carbocycles. The van der Waals surface area contributed by atoms with E-state index in [2.05, 4.69) is 0 Å². The van der Waals surface area contributed by atoms with E-state index in [0.29, 0.717) is 15.2 Å². The number of aliphatic hydroxyl groups excluding tert-OH is 2. The summed E-state index contributed by atoms with van der Waals surface area (Å²) in [6.45, 7) is -2.10. The summed E-state index contributed by atoms with van der Waals surface area (Å²) in [7, 11) is 1.32. The molecular formula is C19H24FN3O9. The summed E-state index contributed by atoms with van der Waals surface area (Å²) in [6, 6.07) is 4.07. The minimum Gasteiger partial charge on any atom is -0.504 e. The molecule has 1 aromatic carbocycles. The van der Waals surface area contributed by atoms with Crippen LogP contribution in [-0.2, 0) is 17.7 Å². The fourth-order valence-corrected chi connectivity index (χ4v) is 3.55. The zero-order valence-corrected chi connectivity index (χ0v) is 17.0. The Kier molecular flexibility index (Phi) is 6.97. The van der Waals surface area contributed by atoms with Crippen molar-refractivity contribution < 1.29 is 39.5 Å². The Morgan fingerprint density at radius 2 is 2.09 bits per heavy atom. The second-order valence-corrected chi connectivity index (χ2v) is 7.26. The Balaban J connectivity index is 2.04. The molecule has 1 aromatic heterocycles. The number of halogens is 1. The number of nitrogens with one attached hydrogen (secondary N) is 1. The number of nitrogens with zero attached hydrogens (tertiary/aromatic N) is 2. The predicted octanol–water partition coefficient (Wildman–Crippen LogP) is -1.41. The van der Waals surface area contributed by atoms with Crippen LogP contribution >= 0.6 is 0 Å². The normalized spacial score (nSPS) is 25.4. The largest absolute Gasteiger partial charge is 0.504 e. The van der Waals surface area contributed by atoms with Crippen LogP contribution in [0.1, 0.15) is 17.4 Å². The Hall–Kier alpha value is -2.81. The fourth-order valence-electron chi connectivity index (χ4n) is 3.55. The molecule has 12 nitrogen and oxygen atoms in total. The molecule has 4 atom stereocenters. The average molecular weight is 457 g/mol. The first kappa shape index (κ1) is 23.8. The molecule has 2 aromatic rings. The maximum atomic E-state index is 12.8. The van der Waals surface area contributed by atoms with Gasteiger partial charge in [0.05, 0.1) is 26.9 Å². The van der Waals surface area contributed by atoms with Crippen molar-refractivity contribution >= 4 is 0 Å². The van der Waals surface area contributed by atoms with E-state index in [0.717, 1.165) is 6.20 Å². The number of aliphatic hydroxyl groups is 3. The van der Waals surface area contributed by atoms with Gasteiger partial charge in [0.2, 0.25) is 5.72 Å². The van der Waals surface area contributed by atoms with E-state index in [-0.39, 0.29) is 23.5 Å². The molecule has 1 unspecified atom stereocenters. The third kappa shape index (κ3) is 4.13. The van der Waals surface area contributed by atoms with Crippen molar-refractivity contribution in [3.05, 3.63) is 56.4 Å². The molecular weight excluding hydrogens is 433 g/mol. The van der Waals surface area contributed by atoms with Crippen LogP contribution in [0.2, 0.25) is 0 Å². The van der Waals surface area contributed by atoms with E-state index in [1.165, 1.54) is 25.3 Å². The molecule has 3 rings (SSSR count). The number of benzene rings is 1. The molecule has 176 valence electrons. The van der Waals surface area contributed by atoms with Crippen molar-refractivity contribution in [3.8, 4) is 11.5 Å². The number of rotatable bonds is 8. The SMILES string of the molecule is COc1cc(CN(O)[C@]2(O)C(n3cc(CCF)c(=O)[nH]c3=O)O[C@H](CO)[C@H]2O)ccc1O. The van der Waals surface area contributed by atoms with E-state index >= 15 is 0 Å². The summed E-state index contributed by atoms with van der Waals surface area (Å²) >= 11 is 0. The highest BCUT2D eigenvalue weighted by Gasteiger charge is 2.60. The lowest BCUT2D eigenvalue weighted by Crippen LogP contribution is -2.59. The second kappa shape index (κ2) is 9.36. The molecule has 1 aliphatic rings. The molecule has 32 heavy (non-hydrogen) atoms. The van der Waals surface area contributed by atoms with E-state index in [4.69, 9.17) is 9.47 Å². The van der Waals surface area contributed by atoms with E-state index in [9.17, 15) is 39.6 Å². The summed E-state index contributed by atoms with van der Waals surface area (Å²) in [5.74, 6) is -0.0781. The molecule has 0 spiro atoms. The van der Waals surface area contributed by atoms with Gasteiger partial charge in [-0.2, -0.15) is 0 Å². The Labute approximate surface area is 180 Å². The van der Waals surface area contributed by atoms with Gasteiger partial charge < -0.3 is 35.1 Å². The minimum atomic E-state index is -2.67. The van der Waals surface area contributed by atoms with Crippen molar-refractivity contribution in [3.63, 3.8) is 0 Å². The summed E-state index contributed by atoms with van der Waals surface area (Å²) in [6.07, 6.45) is -4.47. The van der Waals surface area contributed by atoms with Gasteiger partial charge in [-0.1, -0.05) is 6.07 Å². The van der Waals surface area contributed by atoms with Gasteiger partial charge in [0.25, 0.3) is 5.56 Å². The maximum absolute atomic E-state index is 12.8. The van der Waals surface area contributed by atoms with Gasteiger partial charge >= 0.3 is 5.69 Å². The van der Waals surface area contributed by atoms with Gasteiger partial charge in [-0.15, -0.1) is 5.06 Å². The van der Waals surface area contributed by atoms with Crippen LogP contribution in [-0.4, -0.2) is 78.6 Å². The number of alkyl halides is 1. The third-order valence-corrected chi connectivity index (χ3v) is 5.28. The first-order valence-electron chi connectivity index (χ1n) is 9.56. The predicted molar refractivity (Wildman–Crippen MR) is 105 cm³/mol. The quantitative estimate of drug-likeness (QED) is 0.204. The van der Waals surface area contributed by atoms with Crippen LogP contribution in [0.15, 0.2) is 34.0 Å². The highest BCUT2D eigenvalue weighted by Crippen LogP contribution is 2.40. The highest BCUT2D eigenvalue weighted by atomic mass is 19.1. The molecule has 0 bridgehead atoms. The number of methoxy groups -OCH3 is 1. The first-order chi connectivity index (χ1) is 15.2. The van der Waals surface area contributed by atoms with Gasteiger partial charge in [0.15, 0.2) is 17.7 Å². The number of aromatic amines is 1. The standard InChI is InChI=1S/C19H24FN3O9/c1-31-13-6-10(2-3-12(13)25)7-23(30)19(29)15(26)14(9-24)32-17(19)22-8-11(4-5-20)16(27)21-18(22)28/h2-3,6,8,14-15,17,24-26,29-30H,4-5,7,9H2,1H3,(H,21,27,28)/t14-,15-,17?,19-/m1/s1. The van der Waals surface area contributed by atoms with Crippen molar-refractivity contribution in [2.24, 2.45) is 0 Å². The van der Waals surface area contributed by atoms with Gasteiger partial charge in [-0.25, -0.2) is 4.79 Å². The Bertz CT molecular complexity index is 1070. The molecule has 6 N–H and O–H groups in total. The molecule has 13 heteroatoms. The zero-order chi connectivity index (χ0) is 23.6. The van der Waals surface area contributed by atoms with E-state index in [1.54, 1.807) is 0 Å². The monoisotopic (exact) mass is 457 g/mol. The number of H-pyrrole nitrogens is 1. The van der Waals surface area contributed by atoms with Gasteiger partial charge in [0, 0.05) is 18.2 Å². The molecule has 1 fully saturated rings. The van der Waals surface area contributed by atoms with E-state index in [1.807, 2.05) is 4.98 Å². The number of aromatic nitrogens is 2. The van der Waals surface area contributed by atoms with Crippen molar-refractivity contribution in [1.82, 2.24) is 14.6 Å². The number of phenolic OH excluding ortho intramolecular Hbond substituents is 1. The van der Waals surface area contributed by atoms with Crippen LogP contribution in [0.25, 0.3) is 0 Å². The lowest BCUT2D eigenvalue weighted by molar-refractivity contribution is -0.318. The molecule has 0 amide bonds. The lowest BCUT2D eigenvalue weighted by atomic mass is 10.0. The van der Waals surface area contributed by atoms with E-state index < -0.39 is 55.2 Å². The number of hydrogen-bond donors (Lipinski definition) is 6.